The minimum absolute atomic E-state index is 0.148. The van der Waals surface area contributed by atoms with Crippen LogP contribution in [-0.4, -0.2) is 32.1 Å². The molecule has 1 aliphatic rings. The number of carbonyl (C=O) groups excluding carboxylic acids is 2. The predicted molar refractivity (Wildman–Crippen MR) is 126 cm³/mol. The summed E-state index contributed by atoms with van der Waals surface area (Å²) in [6.45, 7) is 0.0780. The van der Waals surface area contributed by atoms with Crippen molar-refractivity contribution in [1.82, 2.24) is 0 Å². The van der Waals surface area contributed by atoms with Crippen molar-refractivity contribution < 1.29 is 19.1 Å². The molecule has 0 spiro atoms. The molecule has 0 unspecified atom stereocenters. The normalized spacial score (nSPS) is 11.9. The van der Waals surface area contributed by atoms with E-state index in [9.17, 15) is 9.59 Å². The zero-order valence-electron chi connectivity index (χ0n) is 17.3. The Hall–Kier alpha value is -3.16. The van der Waals surface area contributed by atoms with Gasteiger partial charge in [-0.1, -0.05) is 47.6 Å². The Kier molecular flexibility index (Phi) is 6.87. The van der Waals surface area contributed by atoms with Crippen LogP contribution in [0.15, 0.2) is 76.5 Å². The SMILES string of the molecule is COc1ccc(NC(=O)COC(=O)CCN2c3ccccc3Sc3ccccc32)cc1Cl. The number of hydrogen-bond donors (Lipinski definition) is 1. The Bertz CT molecular complexity index is 1110. The first-order valence-corrected chi connectivity index (χ1v) is 11.2. The van der Waals surface area contributed by atoms with Gasteiger partial charge in [-0.15, -0.1) is 0 Å². The maximum absolute atomic E-state index is 12.3. The van der Waals surface area contributed by atoms with Crippen LogP contribution < -0.4 is 15.0 Å². The van der Waals surface area contributed by atoms with E-state index < -0.39 is 11.9 Å². The molecular formula is C24H21ClN2O4S. The fraction of sp³-hybridized carbons (Fsp3) is 0.167. The zero-order valence-corrected chi connectivity index (χ0v) is 18.9. The highest BCUT2D eigenvalue weighted by molar-refractivity contribution is 7.99. The lowest BCUT2D eigenvalue weighted by atomic mass is 10.2. The van der Waals surface area contributed by atoms with E-state index in [4.69, 9.17) is 21.1 Å². The van der Waals surface area contributed by atoms with Crippen molar-refractivity contribution in [3.05, 3.63) is 71.8 Å². The highest BCUT2D eigenvalue weighted by Gasteiger charge is 2.23. The van der Waals surface area contributed by atoms with Crippen LogP contribution in [0.3, 0.4) is 0 Å². The Morgan fingerprint density at radius 3 is 2.28 bits per heavy atom. The number of amides is 1. The highest BCUT2D eigenvalue weighted by atomic mass is 35.5. The van der Waals surface area contributed by atoms with Crippen LogP contribution in [0, 0.1) is 0 Å². The van der Waals surface area contributed by atoms with Crippen LogP contribution >= 0.6 is 23.4 Å². The fourth-order valence-electron chi connectivity index (χ4n) is 3.38. The van der Waals surface area contributed by atoms with Gasteiger partial charge in [0.2, 0.25) is 0 Å². The standard InChI is InChI=1S/C24H21ClN2O4S/c1-30-20-11-10-16(14-17(20)25)26-23(28)15-31-24(29)12-13-27-18-6-2-4-8-21(18)32-22-9-5-3-7-19(22)27/h2-11,14H,12-13,15H2,1H3,(H,26,28). The summed E-state index contributed by atoms with van der Waals surface area (Å²) in [6, 6.07) is 21.1. The van der Waals surface area contributed by atoms with Crippen molar-refractivity contribution in [3.8, 4) is 5.75 Å². The number of esters is 1. The van der Waals surface area contributed by atoms with Crippen molar-refractivity contribution in [1.29, 1.82) is 0 Å². The van der Waals surface area contributed by atoms with Gasteiger partial charge in [-0.3, -0.25) is 9.59 Å². The second-order valence-corrected chi connectivity index (χ2v) is 8.49. The molecule has 8 heteroatoms. The van der Waals surface area contributed by atoms with E-state index >= 15 is 0 Å². The molecule has 0 radical (unpaired) electrons. The second-order valence-electron chi connectivity index (χ2n) is 7.00. The van der Waals surface area contributed by atoms with Crippen molar-refractivity contribution >= 4 is 52.3 Å². The van der Waals surface area contributed by atoms with Crippen LogP contribution in [0.1, 0.15) is 6.42 Å². The average molecular weight is 469 g/mol. The maximum atomic E-state index is 12.3. The highest BCUT2D eigenvalue weighted by Crippen LogP contribution is 2.47. The number of nitrogens with zero attached hydrogens (tertiary/aromatic N) is 1. The zero-order chi connectivity index (χ0) is 22.5. The number of nitrogens with one attached hydrogen (secondary N) is 1. The molecule has 1 amide bonds. The minimum Gasteiger partial charge on any atom is -0.495 e. The summed E-state index contributed by atoms with van der Waals surface area (Å²) in [4.78, 5) is 28.9. The first-order valence-electron chi connectivity index (χ1n) is 9.97. The molecule has 6 nitrogen and oxygen atoms in total. The lowest BCUT2D eigenvalue weighted by molar-refractivity contribution is -0.147. The van der Waals surface area contributed by atoms with E-state index in [0.29, 0.717) is 23.0 Å². The largest absolute Gasteiger partial charge is 0.495 e. The second kappa shape index (κ2) is 9.97. The lowest BCUT2D eigenvalue weighted by Gasteiger charge is -2.32. The lowest BCUT2D eigenvalue weighted by Crippen LogP contribution is -2.26. The topological polar surface area (TPSA) is 67.9 Å². The van der Waals surface area contributed by atoms with Crippen LogP contribution in [0.2, 0.25) is 5.02 Å². The third-order valence-electron chi connectivity index (χ3n) is 4.87. The predicted octanol–water partition coefficient (Wildman–Crippen LogP) is 5.52. The summed E-state index contributed by atoms with van der Waals surface area (Å²) in [5, 5.41) is 3.03. The molecular weight excluding hydrogens is 448 g/mol. The van der Waals surface area contributed by atoms with Gasteiger partial charge in [0.1, 0.15) is 5.75 Å². The third kappa shape index (κ3) is 5.00. The summed E-state index contributed by atoms with van der Waals surface area (Å²) in [6.07, 6.45) is 0.148. The van der Waals surface area contributed by atoms with E-state index in [1.165, 1.54) is 7.11 Å². The monoisotopic (exact) mass is 468 g/mol. The number of halogens is 1. The molecule has 3 aromatic rings. The molecule has 0 aromatic heterocycles. The number of hydrogen-bond acceptors (Lipinski definition) is 6. The molecule has 0 fully saturated rings. The van der Waals surface area contributed by atoms with E-state index in [1.807, 2.05) is 36.4 Å². The number of rotatable bonds is 7. The molecule has 1 heterocycles. The Morgan fingerprint density at radius 2 is 1.66 bits per heavy atom. The number of benzene rings is 3. The maximum Gasteiger partial charge on any atom is 0.308 e. The summed E-state index contributed by atoms with van der Waals surface area (Å²) < 4.78 is 10.3. The fourth-order valence-corrected chi connectivity index (χ4v) is 4.74. The molecule has 164 valence electrons. The molecule has 32 heavy (non-hydrogen) atoms. The van der Waals surface area contributed by atoms with Crippen LogP contribution in [0.5, 0.6) is 5.75 Å². The summed E-state index contributed by atoms with van der Waals surface area (Å²) >= 11 is 7.77. The molecule has 3 aromatic carbocycles. The molecule has 1 aliphatic heterocycles. The van der Waals surface area contributed by atoms with E-state index in [-0.39, 0.29) is 13.0 Å². The summed E-state index contributed by atoms with van der Waals surface area (Å²) in [7, 11) is 1.51. The van der Waals surface area contributed by atoms with Crippen molar-refractivity contribution in [2.75, 3.05) is 30.5 Å². The van der Waals surface area contributed by atoms with Crippen LogP contribution in [0.25, 0.3) is 0 Å². The van der Waals surface area contributed by atoms with Crippen molar-refractivity contribution in [3.63, 3.8) is 0 Å². The van der Waals surface area contributed by atoms with Crippen LogP contribution in [-0.2, 0) is 14.3 Å². The van der Waals surface area contributed by atoms with Gasteiger partial charge in [0.05, 0.1) is 29.9 Å². The van der Waals surface area contributed by atoms with Gasteiger partial charge >= 0.3 is 5.97 Å². The summed E-state index contributed by atoms with van der Waals surface area (Å²) in [5.74, 6) is -0.374. The smallest absolute Gasteiger partial charge is 0.308 e. The van der Waals surface area contributed by atoms with Crippen LogP contribution in [0.4, 0.5) is 17.1 Å². The van der Waals surface area contributed by atoms with Gasteiger partial charge < -0.3 is 19.7 Å². The Morgan fingerprint density at radius 1 is 1.00 bits per heavy atom. The van der Waals surface area contributed by atoms with E-state index in [2.05, 4.69) is 22.3 Å². The molecule has 0 saturated carbocycles. The molecule has 0 aliphatic carbocycles. The van der Waals surface area contributed by atoms with Gasteiger partial charge in [-0.05, 0) is 42.5 Å². The van der Waals surface area contributed by atoms with E-state index in [0.717, 1.165) is 21.2 Å². The van der Waals surface area contributed by atoms with Crippen molar-refractivity contribution in [2.45, 2.75) is 16.2 Å². The Balaban J connectivity index is 1.33. The average Bonchev–Trinajstić information content (AvgIpc) is 2.80. The van der Waals surface area contributed by atoms with E-state index in [1.54, 1.807) is 30.0 Å². The number of ether oxygens (including phenoxy) is 2. The molecule has 1 N–H and O–H groups in total. The third-order valence-corrected chi connectivity index (χ3v) is 6.30. The first-order chi connectivity index (χ1) is 15.5. The van der Waals surface area contributed by atoms with Gasteiger partial charge in [0, 0.05) is 22.0 Å². The molecule has 4 rings (SSSR count). The number of carbonyl (C=O) groups is 2. The number of fused-ring (bicyclic) bond motifs is 2. The number of methoxy groups -OCH3 is 1. The van der Waals surface area contributed by atoms with Crippen molar-refractivity contribution in [2.24, 2.45) is 0 Å². The van der Waals surface area contributed by atoms with Gasteiger partial charge in [0.15, 0.2) is 6.61 Å². The quantitative estimate of drug-likeness (QED) is 0.460. The molecule has 0 atom stereocenters. The van der Waals surface area contributed by atoms with Gasteiger partial charge in [-0.2, -0.15) is 0 Å². The first kappa shape index (κ1) is 22.0. The van der Waals surface area contributed by atoms with Gasteiger partial charge in [-0.25, -0.2) is 0 Å². The molecule has 0 bridgehead atoms. The Labute approximate surface area is 195 Å². The minimum atomic E-state index is -0.443. The molecule has 0 saturated heterocycles. The number of para-hydroxylation sites is 2. The van der Waals surface area contributed by atoms with Gasteiger partial charge in [0.25, 0.3) is 5.91 Å². The summed E-state index contributed by atoms with van der Waals surface area (Å²) in [5.41, 5.74) is 2.60. The number of anilines is 3.